The maximum Gasteiger partial charge on any atom is 0.277 e. The number of anilines is 1. The van der Waals surface area contributed by atoms with E-state index in [2.05, 4.69) is 40.1 Å². The normalized spacial score (nSPS) is 18.8. The zero-order valence-electron chi connectivity index (χ0n) is 17.0. The molecule has 4 rings (SSSR count). The van der Waals surface area contributed by atoms with Gasteiger partial charge in [-0.2, -0.15) is 0 Å². The molecule has 0 unspecified atom stereocenters. The van der Waals surface area contributed by atoms with E-state index in [0.29, 0.717) is 18.4 Å². The summed E-state index contributed by atoms with van der Waals surface area (Å²) in [5.41, 5.74) is 2.47. The number of hydrogen-bond acceptors (Lipinski definition) is 2. The minimum absolute atomic E-state index is 0.198. The highest BCUT2D eigenvalue weighted by Gasteiger charge is 2.27. The SMILES string of the molecule is O=C(C[NH+]1CCN(c2ccc(F)cc2)CC1)N1CCC(Cc2ccccc2)CC1. The van der Waals surface area contributed by atoms with Crippen molar-refractivity contribution >= 4 is 11.6 Å². The maximum atomic E-state index is 13.1. The van der Waals surface area contributed by atoms with Gasteiger partial charge in [0, 0.05) is 18.8 Å². The van der Waals surface area contributed by atoms with Crippen LogP contribution in [0.4, 0.5) is 10.1 Å². The first-order valence-electron chi connectivity index (χ1n) is 10.8. The Bertz CT molecular complexity index is 780. The van der Waals surface area contributed by atoms with Gasteiger partial charge in [0.25, 0.3) is 5.91 Å². The third-order valence-electron chi connectivity index (χ3n) is 6.40. The van der Waals surface area contributed by atoms with Crippen molar-refractivity contribution in [1.82, 2.24) is 4.90 Å². The van der Waals surface area contributed by atoms with E-state index in [1.807, 2.05) is 12.1 Å². The van der Waals surface area contributed by atoms with E-state index in [9.17, 15) is 9.18 Å². The van der Waals surface area contributed by atoms with E-state index in [4.69, 9.17) is 0 Å². The molecule has 0 saturated carbocycles. The van der Waals surface area contributed by atoms with Crippen LogP contribution in [0.15, 0.2) is 54.6 Å². The molecule has 0 spiro atoms. The fraction of sp³-hybridized carbons (Fsp3) is 0.458. The lowest BCUT2D eigenvalue weighted by Crippen LogP contribution is -3.16. The summed E-state index contributed by atoms with van der Waals surface area (Å²) >= 11 is 0. The topological polar surface area (TPSA) is 28.0 Å². The van der Waals surface area contributed by atoms with E-state index in [1.165, 1.54) is 22.6 Å². The molecule has 0 aromatic heterocycles. The number of rotatable bonds is 5. The monoisotopic (exact) mass is 396 g/mol. The number of nitrogens with zero attached hydrogens (tertiary/aromatic N) is 2. The van der Waals surface area contributed by atoms with Crippen molar-refractivity contribution in [2.75, 3.05) is 50.7 Å². The summed E-state index contributed by atoms with van der Waals surface area (Å²) in [6.07, 6.45) is 3.34. The number of nitrogens with one attached hydrogen (secondary N) is 1. The molecule has 2 aromatic carbocycles. The Hall–Kier alpha value is -2.40. The number of piperidine rings is 1. The van der Waals surface area contributed by atoms with Crippen molar-refractivity contribution in [3.8, 4) is 0 Å². The zero-order chi connectivity index (χ0) is 20.1. The predicted octanol–water partition coefficient (Wildman–Crippen LogP) is 2.01. The lowest BCUT2D eigenvalue weighted by Gasteiger charge is -2.36. The number of hydrogen-bond donors (Lipinski definition) is 1. The van der Waals surface area contributed by atoms with Gasteiger partial charge in [0.15, 0.2) is 6.54 Å². The Balaban J connectivity index is 1.19. The average molecular weight is 397 g/mol. The van der Waals surface area contributed by atoms with Crippen molar-refractivity contribution < 1.29 is 14.1 Å². The number of carbonyl (C=O) groups excluding carboxylic acids is 1. The van der Waals surface area contributed by atoms with Gasteiger partial charge in [-0.1, -0.05) is 30.3 Å². The summed E-state index contributed by atoms with van der Waals surface area (Å²) in [7, 11) is 0. The second-order valence-corrected chi connectivity index (χ2v) is 8.40. The van der Waals surface area contributed by atoms with Crippen LogP contribution in [0.5, 0.6) is 0 Å². The average Bonchev–Trinajstić information content (AvgIpc) is 2.76. The Morgan fingerprint density at radius 2 is 1.59 bits per heavy atom. The third kappa shape index (κ3) is 5.36. The van der Waals surface area contributed by atoms with Gasteiger partial charge in [-0.05, 0) is 55.0 Å². The van der Waals surface area contributed by atoms with E-state index in [0.717, 1.165) is 64.2 Å². The molecule has 5 heteroatoms. The molecule has 1 N–H and O–H groups in total. The van der Waals surface area contributed by atoms with Crippen molar-refractivity contribution in [3.63, 3.8) is 0 Å². The molecule has 2 fully saturated rings. The van der Waals surface area contributed by atoms with E-state index in [-0.39, 0.29) is 5.82 Å². The molecule has 29 heavy (non-hydrogen) atoms. The van der Waals surface area contributed by atoms with Gasteiger partial charge in [-0.25, -0.2) is 4.39 Å². The molecule has 4 nitrogen and oxygen atoms in total. The first-order valence-corrected chi connectivity index (χ1v) is 10.8. The summed E-state index contributed by atoms with van der Waals surface area (Å²) < 4.78 is 13.1. The summed E-state index contributed by atoms with van der Waals surface area (Å²) in [6, 6.07) is 17.4. The zero-order valence-corrected chi connectivity index (χ0v) is 17.0. The van der Waals surface area contributed by atoms with Gasteiger partial charge in [0.05, 0.1) is 26.2 Å². The quantitative estimate of drug-likeness (QED) is 0.838. The predicted molar refractivity (Wildman–Crippen MR) is 114 cm³/mol. The Labute approximate surface area is 172 Å². The second-order valence-electron chi connectivity index (χ2n) is 8.40. The molecule has 0 aliphatic carbocycles. The van der Waals surface area contributed by atoms with Crippen LogP contribution in [0.1, 0.15) is 18.4 Å². The van der Waals surface area contributed by atoms with Crippen LogP contribution in [-0.2, 0) is 11.2 Å². The standard InChI is InChI=1S/C24H30FN3O/c25-22-6-8-23(9-7-22)27-16-14-26(15-17-27)19-24(29)28-12-10-21(11-13-28)18-20-4-2-1-3-5-20/h1-9,21H,10-19H2/p+1. The molecule has 1 amide bonds. The van der Waals surface area contributed by atoms with Gasteiger partial charge in [0.2, 0.25) is 0 Å². The fourth-order valence-corrected chi connectivity index (χ4v) is 4.57. The molecule has 2 saturated heterocycles. The molecular weight excluding hydrogens is 365 g/mol. The van der Waals surface area contributed by atoms with Gasteiger partial charge in [-0.15, -0.1) is 0 Å². The Morgan fingerprint density at radius 1 is 0.931 bits per heavy atom. The molecule has 2 aliphatic heterocycles. The Morgan fingerprint density at radius 3 is 2.24 bits per heavy atom. The largest absolute Gasteiger partial charge is 0.360 e. The molecule has 2 aliphatic rings. The fourth-order valence-electron chi connectivity index (χ4n) is 4.57. The number of quaternary nitrogens is 1. The van der Waals surface area contributed by atoms with Gasteiger partial charge in [-0.3, -0.25) is 4.79 Å². The van der Waals surface area contributed by atoms with E-state index >= 15 is 0 Å². The van der Waals surface area contributed by atoms with Crippen molar-refractivity contribution in [2.45, 2.75) is 19.3 Å². The molecule has 0 atom stereocenters. The smallest absolute Gasteiger partial charge is 0.277 e. The molecule has 154 valence electrons. The highest BCUT2D eigenvalue weighted by Crippen LogP contribution is 2.21. The lowest BCUT2D eigenvalue weighted by atomic mass is 9.90. The minimum Gasteiger partial charge on any atom is -0.360 e. The molecular formula is C24H31FN3O+. The summed E-state index contributed by atoms with van der Waals surface area (Å²) in [5, 5.41) is 0. The van der Waals surface area contributed by atoms with Gasteiger partial charge in [0.1, 0.15) is 5.82 Å². The molecule has 2 aromatic rings. The Kier molecular flexibility index (Phi) is 6.45. The number of likely N-dealkylation sites (tertiary alicyclic amines) is 1. The van der Waals surface area contributed by atoms with Crippen LogP contribution in [0.3, 0.4) is 0 Å². The van der Waals surface area contributed by atoms with E-state index < -0.39 is 0 Å². The highest BCUT2D eigenvalue weighted by molar-refractivity contribution is 5.77. The van der Waals surface area contributed by atoms with Crippen molar-refractivity contribution in [1.29, 1.82) is 0 Å². The van der Waals surface area contributed by atoms with Crippen LogP contribution >= 0.6 is 0 Å². The summed E-state index contributed by atoms with van der Waals surface area (Å²) in [4.78, 5) is 18.5. The number of piperazine rings is 1. The number of benzene rings is 2. The van der Waals surface area contributed by atoms with Crippen LogP contribution in [-0.4, -0.2) is 56.6 Å². The maximum absolute atomic E-state index is 13.1. The van der Waals surface area contributed by atoms with Crippen LogP contribution in [0, 0.1) is 11.7 Å². The van der Waals surface area contributed by atoms with Crippen molar-refractivity contribution in [2.24, 2.45) is 5.92 Å². The second kappa shape index (κ2) is 9.40. The van der Waals surface area contributed by atoms with Gasteiger partial charge < -0.3 is 14.7 Å². The minimum atomic E-state index is -0.198. The number of halogens is 1. The first kappa shape index (κ1) is 19.9. The van der Waals surface area contributed by atoms with Gasteiger partial charge >= 0.3 is 0 Å². The van der Waals surface area contributed by atoms with E-state index in [1.54, 1.807) is 0 Å². The van der Waals surface area contributed by atoms with Crippen molar-refractivity contribution in [3.05, 3.63) is 66.0 Å². The molecule has 0 radical (unpaired) electrons. The summed E-state index contributed by atoms with van der Waals surface area (Å²) in [6.45, 7) is 6.11. The van der Waals surface area contributed by atoms with Crippen LogP contribution in [0.25, 0.3) is 0 Å². The lowest BCUT2D eigenvalue weighted by molar-refractivity contribution is -0.892. The number of carbonyl (C=O) groups is 1. The van der Waals surface area contributed by atoms with Crippen LogP contribution < -0.4 is 9.80 Å². The first-order chi connectivity index (χ1) is 14.2. The van der Waals surface area contributed by atoms with Crippen LogP contribution in [0.2, 0.25) is 0 Å². The number of amides is 1. The third-order valence-corrected chi connectivity index (χ3v) is 6.40. The molecule has 0 bridgehead atoms. The highest BCUT2D eigenvalue weighted by atomic mass is 19.1. The summed E-state index contributed by atoms with van der Waals surface area (Å²) in [5.74, 6) is 0.789. The molecule has 2 heterocycles.